The summed E-state index contributed by atoms with van der Waals surface area (Å²) in [4.78, 5) is 10.9. The Kier molecular flexibility index (Phi) is 12.6. The third-order valence-electron chi connectivity index (χ3n) is 4.29. The summed E-state index contributed by atoms with van der Waals surface area (Å²) in [5, 5.41) is 0. The lowest BCUT2D eigenvalue weighted by molar-refractivity contribution is -0.140. The van der Waals surface area contributed by atoms with E-state index in [-0.39, 0.29) is 5.97 Å². The molecule has 2 unspecified atom stereocenters. The van der Waals surface area contributed by atoms with Crippen LogP contribution in [-0.2, 0) is 26.0 Å². The molecule has 0 saturated heterocycles. The molecule has 0 rings (SSSR count). The Labute approximate surface area is 199 Å². The lowest BCUT2D eigenvalue weighted by Gasteiger charge is -2.41. The lowest BCUT2D eigenvalue weighted by Crippen LogP contribution is -2.57. The first-order valence-electron chi connectivity index (χ1n) is 11.6. The summed E-state index contributed by atoms with van der Waals surface area (Å²) in [6, 6.07) is 3.04. The van der Waals surface area contributed by atoms with Gasteiger partial charge in [-0.3, -0.25) is 4.79 Å². The van der Waals surface area contributed by atoms with E-state index in [9.17, 15) is 4.79 Å². The summed E-state index contributed by atoms with van der Waals surface area (Å²) in [6.45, 7) is 28.7. The number of ether oxygens (including phenoxy) is 1. The summed E-state index contributed by atoms with van der Waals surface area (Å²) in [7, 11) is -11.2. The third-order valence-corrected chi connectivity index (χ3v) is 25.2. The summed E-state index contributed by atoms with van der Waals surface area (Å²) >= 11 is 0. The maximum atomic E-state index is 10.9. The lowest BCUT2D eigenvalue weighted by atomic mass is 10.5. The van der Waals surface area contributed by atoms with Gasteiger partial charge in [0.25, 0.3) is 0 Å². The van der Waals surface area contributed by atoms with Gasteiger partial charge in [0.15, 0.2) is 34.0 Å². The van der Waals surface area contributed by atoms with E-state index in [1.165, 1.54) is 6.92 Å². The number of hydrogen-bond donors (Lipinski definition) is 0. The zero-order valence-corrected chi connectivity index (χ0v) is 28.7. The summed E-state index contributed by atoms with van der Waals surface area (Å²) in [5.41, 5.74) is 0. The predicted octanol–water partition coefficient (Wildman–Crippen LogP) is 6.01. The first-order valence-corrected chi connectivity index (χ1v) is 29.3. The molecule has 0 aromatic carbocycles. The number of carbonyl (C=O) groups excluding carboxylic acids is 1. The molecule has 0 aliphatic heterocycles. The van der Waals surface area contributed by atoms with Crippen LogP contribution in [0.3, 0.4) is 0 Å². The van der Waals surface area contributed by atoms with Crippen molar-refractivity contribution in [1.82, 2.24) is 0 Å². The van der Waals surface area contributed by atoms with E-state index in [2.05, 4.69) is 78.6 Å². The fourth-order valence-electron chi connectivity index (χ4n) is 3.89. The Morgan fingerprint density at radius 2 is 1.29 bits per heavy atom. The van der Waals surface area contributed by atoms with Gasteiger partial charge >= 0.3 is 23.1 Å². The van der Waals surface area contributed by atoms with Gasteiger partial charge in [-0.25, -0.2) is 0 Å². The second-order valence-electron chi connectivity index (χ2n) is 11.7. The van der Waals surface area contributed by atoms with Crippen LogP contribution in [0.2, 0.25) is 96.7 Å². The van der Waals surface area contributed by atoms with Gasteiger partial charge in [-0.15, -0.1) is 0 Å². The van der Waals surface area contributed by atoms with Gasteiger partial charge in [0.05, 0.1) is 6.61 Å². The van der Waals surface area contributed by atoms with Crippen LogP contribution in [0, 0.1) is 0 Å². The van der Waals surface area contributed by atoms with Crippen molar-refractivity contribution in [3.05, 3.63) is 0 Å². The van der Waals surface area contributed by atoms with Crippen molar-refractivity contribution in [2.24, 2.45) is 0 Å². The summed E-state index contributed by atoms with van der Waals surface area (Å²) in [6.07, 6.45) is 0.877. The van der Waals surface area contributed by atoms with Crippen molar-refractivity contribution in [3.8, 4) is 0 Å². The Morgan fingerprint density at radius 3 is 1.74 bits per heavy atom. The monoisotopic (exact) mass is 542 g/mol. The van der Waals surface area contributed by atoms with Crippen molar-refractivity contribution < 1.29 is 26.0 Å². The highest BCUT2D eigenvalue weighted by molar-refractivity contribution is 6.89. The molecule has 0 fully saturated rings. The molecule has 0 aliphatic rings. The molecule has 2 atom stereocenters. The SMILES string of the molecule is CC(=O)OCCC[Si](C)(C)O[SiH](C)CC[Si](C)(O[Si](C)(C)C)O[Si](C)(C)O[Si](C)(C)C. The van der Waals surface area contributed by atoms with Gasteiger partial charge in [0.1, 0.15) is 0 Å². The van der Waals surface area contributed by atoms with Crippen molar-refractivity contribution in [3.63, 3.8) is 0 Å². The minimum absolute atomic E-state index is 0.209. The average molecular weight is 543 g/mol. The van der Waals surface area contributed by atoms with Crippen LogP contribution in [0.5, 0.6) is 0 Å². The number of esters is 1. The fraction of sp³-hybridized carbons (Fsp3) is 0.947. The van der Waals surface area contributed by atoms with E-state index in [0.717, 1.165) is 24.6 Å². The van der Waals surface area contributed by atoms with Crippen molar-refractivity contribution in [2.75, 3.05) is 6.61 Å². The van der Waals surface area contributed by atoms with E-state index in [0.29, 0.717) is 6.61 Å². The molecule has 12 heteroatoms. The molecule has 6 nitrogen and oxygen atoms in total. The maximum absolute atomic E-state index is 10.9. The molecular formula is C19H50O6Si6. The molecule has 0 heterocycles. The molecule has 0 aliphatic carbocycles. The zero-order chi connectivity index (χ0) is 24.7. The van der Waals surface area contributed by atoms with Crippen molar-refractivity contribution in [2.45, 2.75) is 110 Å². The molecule has 0 bridgehead atoms. The molecule has 0 aromatic heterocycles. The highest BCUT2D eigenvalue weighted by atomic mass is 28.5. The van der Waals surface area contributed by atoms with E-state index < -0.39 is 51.1 Å². The van der Waals surface area contributed by atoms with Crippen molar-refractivity contribution >= 4 is 57.1 Å². The zero-order valence-electron chi connectivity index (χ0n) is 22.6. The Bertz CT molecular complexity index is 561. The molecule has 0 aromatic rings. The van der Waals surface area contributed by atoms with Crippen LogP contribution in [-0.4, -0.2) is 63.7 Å². The second kappa shape index (κ2) is 12.4. The van der Waals surface area contributed by atoms with E-state index in [1.54, 1.807) is 0 Å². The van der Waals surface area contributed by atoms with Crippen LogP contribution in [0.4, 0.5) is 0 Å². The maximum Gasteiger partial charge on any atom is 0.315 e. The summed E-state index contributed by atoms with van der Waals surface area (Å²) in [5.74, 6) is -0.209. The highest BCUT2D eigenvalue weighted by Crippen LogP contribution is 2.29. The van der Waals surface area contributed by atoms with Gasteiger partial charge in [0.2, 0.25) is 0 Å². The smallest absolute Gasteiger partial charge is 0.315 e. The second-order valence-corrected chi connectivity index (χ2v) is 35.4. The Hall–Kier alpha value is 0.611. The predicted molar refractivity (Wildman–Crippen MR) is 146 cm³/mol. The molecule has 31 heavy (non-hydrogen) atoms. The fourth-order valence-corrected chi connectivity index (χ4v) is 31.0. The molecule has 0 amide bonds. The molecule has 0 spiro atoms. The van der Waals surface area contributed by atoms with Gasteiger partial charge in [0, 0.05) is 6.92 Å². The minimum atomic E-state index is -2.37. The largest absolute Gasteiger partial charge is 0.466 e. The Morgan fingerprint density at radius 1 is 0.774 bits per heavy atom. The molecule has 0 N–H and O–H groups in total. The summed E-state index contributed by atoms with van der Waals surface area (Å²) < 4.78 is 31.7. The van der Waals surface area contributed by atoms with Gasteiger partial charge in [-0.05, 0) is 103 Å². The van der Waals surface area contributed by atoms with Crippen LogP contribution in [0.15, 0.2) is 0 Å². The van der Waals surface area contributed by atoms with Gasteiger partial charge < -0.3 is 21.2 Å². The average Bonchev–Trinajstić information content (AvgIpc) is 2.44. The van der Waals surface area contributed by atoms with E-state index in [4.69, 9.17) is 21.2 Å². The normalized spacial score (nSPS) is 16.7. The first-order chi connectivity index (χ1) is 13.6. The molecule has 0 radical (unpaired) electrons. The third kappa shape index (κ3) is 17.7. The molecule has 186 valence electrons. The number of rotatable bonds is 15. The topological polar surface area (TPSA) is 63.2 Å². The Balaban J connectivity index is 5.00. The van der Waals surface area contributed by atoms with E-state index in [1.807, 2.05) is 0 Å². The van der Waals surface area contributed by atoms with E-state index >= 15 is 0 Å². The molecular weight excluding hydrogens is 493 g/mol. The van der Waals surface area contributed by atoms with Crippen LogP contribution in [0.1, 0.15) is 13.3 Å². The van der Waals surface area contributed by atoms with Crippen LogP contribution < -0.4 is 0 Å². The minimum Gasteiger partial charge on any atom is -0.466 e. The number of hydrogen-bond acceptors (Lipinski definition) is 6. The van der Waals surface area contributed by atoms with Crippen molar-refractivity contribution in [1.29, 1.82) is 0 Å². The molecule has 0 saturated carbocycles. The van der Waals surface area contributed by atoms with Crippen LogP contribution in [0.25, 0.3) is 0 Å². The van der Waals surface area contributed by atoms with Gasteiger partial charge in [-0.1, -0.05) is 0 Å². The van der Waals surface area contributed by atoms with Crippen LogP contribution >= 0.6 is 0 Å². The quantitative estimate of drug-likeness (QED) is 0.143. The van der Waals surface area contributed by atoms with Gasteiger partial charge in [-0.2, -0.15) is 0 Å². The highest BCUT2D eigenvalue weighted by Gasteiger charge is 2.44. The number of carbonyl (C=O) groups is 1. The first kappa shape index (κ1) is 31.6. The standard InChI is InChI=1S/C19H50O6Si6/c1-19(20)21-15-14-17-29(9,10)22-26(2)16-18-31(13,24-28(6,7)8)25-30(11,12)23-27(3,4)5/h26H,14-18H2,1-13H3.